The van der Waals surface area contributed by atoms with E-state index in [0.29, 0.717) is 50.1 Å². The Hall–Kier alpha value is -2.80. The number of amides is 2. The van der Waals surface area contributed by atoms with Crippen LogP contribution in [-0.4, -0.2) is 48.3 Å². The van der Waals surface area contributed by atoms with Crippen molar-refractivity contribution < 1.29 is 19.0 Å². The second kappa shape index (κ2) is 8.26. The fourth-order valence-electron chi connectivity index (χ4n) is 3.25. The second-order valence-electron chi connectivity index (χ2n) is 6.65. The smallest absolute Gasteiger partial charge is 0.321 e. The molecule has 0 aliphatic carbocycles. The number of fused-ring (bicyclic) bond motifs is 1. The summed E-state index contributed by atoms with van der Waals surface area (Å²) in [5.74, 6) is 1.38. The predicted octanol–water partition coefficient (Wildman–Crippen LogP) is 3.07. The van der Waals surface area contributed by atoms with Crippen LogP contribution in [0.5, 0.6) is 11.5 Å². The molecule has 1 aromatic heterocycles. The molecule has 1 N–H and O–H groups in total. The van der Waals surface area contributed by atoms with Gasteiger partial charge in [0, 0.05) is 37.2 Å². The third kappa shape index (κ3) is 4.49. The van der Waals surface area contributed by atoms with Gasteiger partial charge in [0.15, 0.2) is 11.5 Å². The molecule has 2 aliphatic rings. The Morgan fingerprint density at radius 2 is 2.00 bits per heavy atom. The molecule has 0 spiro atoms. The predicted molar refractivity (Wildman–Crippen MR) is 100 cm³/mol. The molecule has 0 bridgehead atoms. The molecule has 0 saturated carbocycles. The van der Waals surface area contributed by atoms with Crippen LogP contribution in [0.2, 0.25) is 0 Å². The van der Waals surface area contributed by atoms with Crippen LogP contribution in [0.3, 0.4) is 0 Å². The van der Waals surface area contributed by atoms with Crippen LogP contribution >= 0.6 is 0 Å². The van der Waals surface area contributed by atoms with Gasteiger partial charge in [-0.25, -0.2) is 4.79 Å². The molecule has 0 unspecified atom stereocenters. The van der Waals surface area contributed by atoms with Crippen molar-refractivity contribution in [1.29, 1.82) is 0 Å². The summed E-state index contributed by atoms with van der Waals surface area (Å²) in [6.45, 7) is 2.98. The minimum atomic E-state index is -0.0996. The lowest BCUT2D eigenvalue weighted by molar-refractivity contribution is 0.00530. The molecule has 2 amide bonds. The summed E-state index contributed by atoms with van der Waals surface area (Å²) < 4.78 is 17.0. The van der Waals surface area contributed by atoms with Crippen molar-refractivity contribution in [3.63, 3.8) is 0 Å². The first-order chi connectivity index (χ1) is 13.3. The van der Waals surface area contributed by atoms with Crippen LogP contribution in [0.15, 0.2) is 42.7 Å². The van der Waals surface area contributed by atoms with Crippen molar-refractivity contribution in [1.82, 2.24) is 9.88 Å². The Morgan fingerprint density at radius 3 is 2.78 bits per heavy atom. The minimum Gasteiger partial charge on any atom is -0.486 e. The third-order valence-corrected chi connectivity index (χ3v) is 4.73. The van der Waals surface area contributed by atoms with Crippen molar-refractivity contribution >= 4 is 11.7 Å². The van der Waals surface area contributed by atoms with E-state index in [1.807, 2.05) is 35.4 Å². The van der Waals surface area contributed by atoms with Gasteiger partial charge in [-0.05, 0) is 36.6 Å². The molecule has 1 saturated heterocycles. The van der Waals surface area contributed by atoms with E-state index in [-0.39, 0.29) is 12.1 Å². The van der Waals surface area contributed by atoms with Gasteiger partial charge in [-0.2, -0.15) is 0 Å². The van der Waals surface area contributed by atoms with E-state index in [0.717, 1.165) is 18.4 Å². The first-order valence-corrected chi connectivity index (χ1v) is 9.24. The lowest BCUT2D eigenvalue weighted by Gasteiger charge is -2.32. The number of nitrogens with one attached hydrogen (secondary N) is 1. The first kappa shape index (κ1) is 17.6. The highest BCUT2D eigenvalue weighted by molar-refractivity contribution is 5.89. The molecule has 3 heterocycles. The Labute approximate surface area is 158 Å². The molecule has 27 heavy (non-hydrogen) atoms. The van der Waals surface area contributed by atoms with Gasteiger partial charge < -0.3 is 24.4 Å². The molecule has 2 aromatic rings. The molecule has 7 heteroatoms. The largest absolute Gasteiger partial charge is 0.486 e. The lowest BCUT2D eigenvalue weighted by atomic mass is 10.1. The standard InChI is InChI=1S/C20H23N3O4/c24-20(22-16-3-4-18-19(12-16)26-11-10-25-18)23-8-5-17(6-9-23)27-14-15-2-1-7-21-13-15/h1-4,7,12-13,17H,5-6,8-11,14H2,(H,22,24). The average Bonchev–Trinajstić information content (AvgIpc) is 2.73. The van der Waals surface area contributed by atoms with Crippen LogP contribution < -0.4 is 14.8 Å². The van der Waals surface area contributed by atoms with E-state index >= 15 is 0 Å². The van der Waals surface area contributed by atoms with Gasteiger partial charge in [-0.1, -0.05) is 6.07 Å². The van der Waals surface area contributed by atoms with E-state index < -0.39 is 0 Å². The number of anilines is 1. The van der Waals surface area contributed by atoms with Crippen LogP contribution in [-0.2, 0) is 11.3 Å². The van der Waals surface area contributed by atoms with Gasteiger partial charge in [-0.3, -0.25) is 4.98 Å². The van der Waals surface area contributed by atoms with Crippen molar-refractivity contribution in [3.8, 4) is 11.5 Å². The number of carbonyl (C=O) groups is 1. The molecule has 142 valence electrons. The number of aromatic nitrogens is 1. The molecule has 1 aromatic carbocycles. The Bertz CT molecular complexity index is 776. The van der Waals surface area contributed by atoms with E-state index in [1.54, 1.807) is 12.3 Å². The number of urea groups is 1. The van der Waals surface area contributed by atoms with Crippen LogP contribution in [0.1, 0.15) is 18.4 Å². The number of likely N-dealkylation sites (tertiary alicyclic amines) is 1. The number of benzene rings is 1. The fraction of sp³-hybridized carbons (Fsp3) is 0.400. The van der Waals surface area contributed by atoms with Gasteiger partial charge in [0.2, 0.25) is 0 Å². The highest BCUT2D eigenvalue weighted by Crippen LogP contribution is 2.32. The Kier molecular flexibility index (Phi) is 5.39. The molecule has 4 rings (SSSR count). The summed E-state index contributed by atoms with van der Waals surface area (Å²) in [6, 6.07) is 9.26. The zero-order chi connectivity index (χ0) is 18.5. The van der Waals surface area contributed by atoms with Gasteiger partial charge >= 0.3 is 6.03 Å². The molecular weight excluding hydrogens is 346 g/mol. The van der Waals surface area contributed by atoms with Crippen molar-refractivity contribution in [2.45, 2.75) is 25.6 Å². The quantitative estimate of drug-likeness (QED) is 0.897. The zero-order valence-corrected chi connectivity index (χ0v) is 15.1. The van der Waals surface area contributed by atoms with E-state index in [4.69, 9.17) is 14.2 Å². The highest BCUT2D eigenvalue weighted by Gasteiger charge is 2.23. The van der Waals surface area contributed by atoms with Crippen LogP contribution in [0, 0.1) is 0 Å². The summed E-state index contributed by atoms with van der Waals surface area (Å²) in [7, 11) is 0. The summed E-state index contributed by atoms with van der Waals surface area (Å²) in [5, 5.41) is 2.94. The number of hydrogen-bond donors (Lipinski definition) is 1. The monoisotopic (exact) mass is 369 g/mol. The van der Waals surface area contributed by atoms with Gasteiger partial charge in [0.25, 0.3) is 0 Å². The SMILES string of the molecule is O=C(Nc1ccc2c(c1)OCCO2)N1CCC(OCc2cccnc2)CC1. The second-order valence-corrected chi connectivity index (χ2v) is 6.65. The fourth-order valence-corrected chi connectivity index (χ4v) is 3.25. The normalized spacial score (nSPS) is 16.8. The number of piperidine rings is 1. The molecule has 2 aliphatic heterocycles. The first-order valence-electron chi connectivity index (χ1n) is 9.24. The van der Waals surface area contributed by atoms with Gasteiger partial charge in [-0.15, -0.1) is 0 Å². The molecule has 1 fully saturated rings. The highest BCUT2D eigenvalue weighted by atomic mass is 16.6. The maximum Gasteiger partial charge on any atom is 0.321 e. The molecular formula is C20H23N3O4. The van der Waals surface area contributed by atoms with E-state index in [2.05, 4.69) is 10.3 Å². The third-order valence-electron chi connectivity index (χ3n) is 4.73. The van der Waals surface area contributed by atoms with E-state index in [1.165, 1.54) is 0 Å². The van der Waals surface area contributed by atoms with Gasteiger partial charge in [0.05, 0.1) is 12.7 Å². The number of ether oxygens (including phenoxy) is 3. The van der Waals surface area contributed by atoms with Crippen LogP contribution in [0.25, 0.3) is 0 Å². The van der Waals surface area contributed by atoms with Crippen LogP contribution in [0.4, 0.5) is 10.5 Å². The molecule has 0 atom stereocenters. The number of carbonyl (C=O) groups excluding carboxylic acids is 1. The molecule has 7 nitrogen and oxygen atoms in total. The maximum absolute atomic E-state index is 12.5. The number of hydrogen-bond acceptors (Lipinski definition) is 5. The summed E-state index contributed by atoms with van der Waals surface area (Å²) in [6.07, 6.45) is 5.39. The number of nitrogens with zero attached hydrogens (tertiary/aromatic N) is 2. The van der Waals surface area contributed by atoms with E-state index in [9.17, 15) is 4.79 Å². The lowest BCUT2D eigenvalue weighted by Crippen LogP contribution is -2.43. The molecule has 0 radical (unpaired) electrons. The Morgan fingerprint density at radius 1 is 1.19 bits per heavy atom. The number of rotatable bonds is 4. The van der Waals surface area contributed by atoms with Crippen molar-refractivity contribution in [2.75, 3.05) is 31.6 Å². The minimum absolute atomic E-state index is 0.0996. The summed E-state index contributed by atoms with van der Waals surface area (Å²) in [5.41, 5.74) is 1.77. The maximum atomic E-state index is 12.5. The Balaban J connectivity index is 1.25. The average molecular weight is 369 g/mol. The summed E-state index contributed by atoms with van der Waals surface area (Å²) in [4.78, 5) is 18.4. The van der Waals surface area contributed by atoms with Crippen molar-refractivity contribution in [3.05, 3.63) is 48.3 Å². The van der Waals surface area contributed by atoms with Gasteiger partial charge in [0.1, 0.15) is 13.2 Å². The zero-order valence-electron chi connectivity index (χ0n) is 15.1. The summed E-state index contributed by atoms with van der Waals surface area (Å²) >= 11 is 0. The van der Waals surface area contributed by atoms with Crippen molar-refractivity contribution in [2.24, 2.45) is 0 Å². The topological polar surface area (TPSA) is 72.9 Å². The number of pyridine rings is 1.